The van der Waals surface area contributed by atoms with Crippen LogP contribution in [-0.2, 0) is 11.3 Å². The summed E-state index contributed by atoms with van der Waals surface area (Å²) in [5.41, 5.74) is 2.66. The lowest BCUT2D eigenvalue weighted by Crippen LogP contribution is -2.34. The highest BCUT2D eigenvalue weighted by Gasteiger charge is 2.17. The molecule has 0 aliphatic rings. The van der Waals surface area contributed by atoms with Gasteiger partial charge in [-0.1, -0.05) is 35.5 Å². The molecule has 4 aromatic rings. The lowest BCUT2D eigenvalue weighted by Gasteiger charge is -2.17. The SMILES string of the molecule is Cc1cccc(-n2nnc3c(=O)n(CC(=O)N(C)c4ccccc4)cnc32)c1. The minimum Gasteiger partial charge on any atom is -0.314 e. The van der Waals surface area contributed by atoms with Crippen LogP contribution in [-0.4, -0.2) is 37.5 Å². The largest absolute Gasteiger partial charge is 0.314 e. The molecule has 140 valence electrons. The van der Waals surface area contributed by atoms with Gasteiger partial charge in [0.05, 0.1) is 5.69 Å². The van der Waals surface area contributed by atoms with E-state index in [4.69, 9.17) is 0 Å². The van der Waals surface area contributed by atoms with Crippen LogP contribution < -0.4 is 10.5 Å². The number of para-hydroxylation sites is 1. The molecule has 0 saturated carbocycles. The van der Waals surface area contributed by atoms with Gasteiger partial charge in [0.1, 0.15) is 12.9 Å². The quantitative estimate of drug-likeness (QED) is 0.545. The second kappa shape index (κ2) is 7.07. The van der Waals surface area contributed by atoms with Crippen LogP contribution in [0.5, 0.6) is 0 Å². The summed E-state index contributed by atoms with van der Waals surface area (Å²) in [7, 11) is 1.67. The minimum absolute atomic E-state index is 0.124. The Morgan fingerprint density at radius 1 is 1.11 bits per heavy atom. The molecule has 28 heavy (non-hydrogen) atoms. The molecule has 0 radical (unpaired) electrons. The van der Waals surface area contributed by atoms with Crippen LogP contribution in [0.4, 0.5) is 5.69 Å². The molecule has 0 N–H and O–H groups in total. The summed E-state index contributed by atoms with van der Waals surface area (Å²) >= 11 is 0. The predicted molar refractivity (Wildman–Crippen MR) is 106 cm³/mol. The van der Waals surface area contributed by atoms with Gasteiger partial charge in [-0.05, 0) is 36.8 Å². The van der Waals surface area contributed by atoms with Crippen molar-refractivity contribution < 1.29 is 4.79 Å². The number of anilines is 1. The molecule has 2 heterocycles. The number of carbonyl (C=O) groups excluding carboxylic acids is 1. The van der Waals surface area contributed by atoms with Gasteiger partial charge in [-0.2, -0.15) is 4.68 Å². The third kappa shape index (κ3) is 3.16. The Kier molecular flexibility index (Phi) is 4.44. The van der Waals surface area contributed by atoms with Crippen LogP contribution in [0.3, 0.4) is 0 Å². The summed E-state index contributed by atoms with van der Waals surface area (Å²) in [4.78, 5) is 31.2. The third-order valence-electron chi connectivity index (χ3n) is 4.50. The fourth-order valence-corrected chi connectivity index (χ4v) is 2.94. The average molecular weight is 374 g/mol. The van der Waals surface area contributed by atoms with E-state index in [1.165, 1.54) is 20.5 Å². The molecule has 8 heteroatoms. The third-order valence-corrected chi connectivity index (χ3v) is 4.50. The first-order valence-electron chi connectivity index (χ1n) is 8.74. The van der Waals surface area contributed by atoms with E-state index in [9.17, 15) is 9.59 Å². The summed E-state index contributed by atoms with van der Waals surface area (Å²) in [5.74, 6) is -0.236. The predicted octanol–water partition coefficient (Wildman–Crippen LogP) is 1.95. The second-order valence-corrected chi connectivity index (χ2v) is 6.48. The number of hydrogen-bond acceptors (Lipinski definition) is 5. The van der Waals surface area contributed by atoms with E-state index in [-0.39, 0.29) is 18.0 Å². The van der Waals surface area contributed by atoms with Gasteiger partial charge in [0.15, 0.2) is 11.2 Å². The molecule has 0 unspecified atom stereocenters. The first kappa shape index (κ1) is 17.6. The highest BCUT2D eigenvalue weighted by atomic mass is 16.2. The molecule has 0 atom stereocenters. The van der Waals surface area contributed by atoms with E-state index in [1.807, 2.05) is 61.5 Å². The van der Waals surface area contributed by atoms with Crippen molar-refractivity contribution in [2.75, 3.05) is 11.9 Å². The van der Waals surface area contributed by atoms with E-state index in [1.54, 1.807) is 7.05 Å². The van der Waals surface area contributed by atoms with Gasteiger partial charge in [-0.15, -0.1) is 5.10 Å². The van der Waals surface area contributed by atoms with Gasteiger partial charge in [0.25, 0.3) is 5.56 Å². The monoisotopic (exact) mass is 374 g/mol. The maximum atomic E-state index is 12.8. The fraction of sp³-hybridized carbons (Fsp3) is 0.150. The Hall–Kier alpha value is -3.81. The Morgan fingerprint density at radius 2 is 1.89 bits per heavy atom. The Morgan fingerprint density at radius 3 is 2.64 bits per heavy atom. The Labute approximate surface area is 160 Å². The molecule has 0 saturated heterocycles. The smallest absolute Gasteiger partial charge is 0.284 e. The number of carbonyl (C=O) groups is 1. The molecule has 0 bridgehead atoms. The van der Waals surface area contributed by atoms with Crippen molar-refractivity contribution in [2.45, 2.75) is 13.5 Å². The van der Waals surface area contributed by atoms with Crippen LogP contribution in [0.1, 0.15) is 5.56 Å². The number of likely N-dealkylation sites (N-methyl/N-ethyl adjacent to an activating group) is 1. The summed E-state index contributed by atoms with van der Waals surface area (Å²) in [6.45, 7) is 1.84. The highest BCUT2D eigenvalue weighted by molar-refractivity contribution is 5.92. The van der Waals surface area contributed by atoms with Crippen molar-refractivity contribution in [3.63, 3.8) is 0 Å². The van der Waals surface area contributed by atoms with Gasteiger partial charge in [0, 0.05) is 12.7 Å². The molecule has 0 aliphatic heterocycles. The lowest BCUT2D eigenvalue weighted by molar-refractivity contribution is -0.118. The number of rotatable bonds is 4. The van der Waals surface area contributed by atoms with Gasteiger partial charge < -0.3 is 4.90 Å². The zero-order valence-corrected chi connectivity index (χ0v) is 15.5. The number of aromatic nitrogens is 5. The molecular weight excluding hydrogens is 356 g/mol. The molecule has 2 aromatic heterocycles. The summed E-state index contributed by atoms with van der Waals surface area (Å²) < 4.78 is 2.77. The van der Waals surface area contributed by atoms with E-state index in [2.05, 4.69) is 15.3 Å². The molecule has 1 amide bonds. The van der Waals surface area contributed by atoms with Crippen LogP contribution in [0.2, 0.25) is 0 Å². The number of amides is 1. The molecule has 2 aromatic carbocycles. The van der Waals surface area contributed by atoms with Gasteiger partial charge in [0.2, 0.25) is 5.91 Å². The van der Waals surface area contributed by atoms with Crippen molar-refractivity contribution in [1.82, 2.24) is 24.5 Å². The highest BCUT2D eigenvalue weighted by Crippen LogP contribution is 2.14. The number of nitrogens with zero attached hydrogens (tertiary/aromatic N) is 6. The maximum absolute atomic E-state index is 12.8. The zero-order valence-electron chi connectivity index (χ0n) is 15.5. The van der Waals surface area contributed by atoms with E-state index >= 15 is 0 Å². The van der Waals surface area contributed by atoms with Gasteiger partial charge >= 0.3 is 0 Å². The van der Waals surface area contributed by atoms with E-state index in [0.29, 0.717) is 5.65 Å². The normalized spacial score (nSPS) is 10.9. The standard InChI is InChI=1S/C20H18N6O2/c1-14-7-6-10-16(11-14)26-19-18(22-23-26)20(28)25(13-21-19)12-17(27)24(2)15-8-4-3-5-9-15/h3-11,13H,12H2,1-2H3. The van der Waals surface area contributed by atoms with Gasteiger partial charge in [-0.3, -0.25) is 14.2 Å². The molecule has 4 rings (SSSR count). The lowest BCUT2D eigenvalue weighted by atomic mass is 10.2. The first-order chi connectivity index (χ1) is 13.5. The van der Waals surface area contributed by atoms with Gasteiger partial charge in [-0.25, -0.2) is 4.98 Å². The summed E-state index contributed by atoms with van der Waals surface area (Å²) in [6.07, 6.45) is 1.36. The van der Waals surface area contributed by atoms with Crippen molar-refractivity contribution in [3.8, 4) is 5.69 Å². The molecule has 8 nitrogen and oxygen atoms in total. The van der Waals surface area contributed by atoms with Crippen molar-refractivity contribution in [1.29, 1.82) is 0 Å². The number of fused-ring (bicyclic) bond motifs is 1. The summed E-state index contributed by atoms with van der Waals surface area (Å²) in [5, 5.41) is 8.05. The van der Waals surface area contributed by atoms with Crippen molar-refractivity contribution in [3.05, 3.63) is 76.8 Å². The van der Waals surface area contributed by atoms with Crippen LogP contribution in [0, 0.1) is 6.92 Å². The molecule has 0 fully saturated rings. The van der Waals surface area contributed by atoms with E-state index < -0.39 is 5.56 Å². The second-order valence-electron chi connectivity index (χ2n) is 6.48. The van der Waals surface area contributed by atoms with Crippen molar-refractivity contribution >= 4 is 22.8 Å². The number of hydrogen-bond donors (Lipinski definition) is 0. The molecular formula is C20H18N6O2. The average Bonchev–Trinajstić information content (AvgIpc) is 3.15. The summed E-state index contributed by atoms with van der Waals surface area (Å²) in [6, 6.07) is 16.9. The molecule has 0 spiro atoms. The van der Waals surface area contributed by atoms with Crippen LogP contribution in [0.25, 0.3) is 16.9 Å². The fourth-order valence-electron chi connectivity index (χ4n) is 2.94. The van der Waals surface area contributed by atoms with Crippen LogP contribution in [0.15, 0.2) is 65.7 Å². The topological polar surface area (TPSA) is 85.9 Å². The molecule has 0 aliphatic carbocycles. The number of benzene rings is 2. The van der Waals surface area contributed by atoms with Crippen LogP contribution >= 0.6 is 0 Å². The van der Waals surface area contributed by atoms with Crippen molar-refractivity contribution in [2.24, 2.45) is 0 Å². The Bertz CT molecular complexity index is 1210. The maximum Gasteiger partial charge on any atom is 0.284 e. The number of aryl methyl sites for hydroxylation is 1. The Balaban J connectivity index is 1.66. The van der Waals surface area contributed by atoms with E-state index in [0.717, 1.165) is 16.9 Å². The minimum atomic E-state index is -0.404. The zero-order chi connectivity index (χ0) is 19.7. The first-order valence-corrected chi connectivity index (χ1v) is 8.74.